The first-order chi connectivity index (χ1) is 13.9. The molecule has 0 heteroatoms. The lowest BCUT2D eigenvalue weighted by atomic mass is 9.31. The second kappa shape index (κ2) is 6.41. The number of allylic oxidation sites excluding steroid dienone is 1. The highest BCUT2D eigenvalue weighted by Crippen LogP contribution is 2.76. The summed E-state index contributed by atoms with van der Waals surface area (Å²) in [6.07, 6.45) is 16.0. The van der Waals surface area contributed by atoms with Gasteiger partial charge in [0.2, 0.25) is 0 Å². The molecule has 0 aliphatic heterocycles. The van der Waals surface area contributed by atoms with E-state index in [0.29, 0.717) is 27.1 Å². The molecule has 30 heavy (non-hydrogen) atoms. The van der Waals surface area contributed by atoms with Crippen molar-refractivity contribution in [2.75, 3.05) is 0 Å². The standard InChI is InChI=1S/C30H50/c1-20-12-16-27(5)18-19-29(7)22(25(27)21(20)2)10-11-24-28(6)15-9-14-26(3,4)23(28)13-17-30(24,29)8/h21-25H,1,9-19H2,2-8H3/t21?,22?,23?,24?,25?,27-,28+,29-,30-/m1/s1. The van der Waals surface area contributed by atoms with Gasteiger partial charge in [0.25, 0.3) is 0 Å². The van der Waals surface area contributed by atoms with Gasteiger partial charge in [0.1, 0.15) is 0 Å². The molecule has 0 saturated heterocycles. The van der Waals surface area contributed by atoms with Gasteiger partial charge in [-0.15, -0.1) is 0 Å². The van der Waals surface area contributed by atoms with Crippen molar-refractivity contribution < 1.29 is 0 Å². The molecule has 0 N–H and O–H groups in total. The van der Waals surface area contributed by atoms with Crippen LogP contribution in [0.5, 0.6) is 0 Å². The van der Waals surface area contributed by atoms with Crippen LogP contribution in [0.2, 0.25) is 0 Å². The van der Waals surface area contributed by atoms with Crippen molar-refractivity contribution in [3.63, 3.8) is 0 Å². The summed E-state index contributed by atoms with van der Waals surface area (Å²) < 4.78 is 0. The lowest BCUT2D eigenvalue weighted by molar-refractivity contribution is -0.241. The van der Waals surface area contributed by atoms with E-state index < -0.39 is 0 Å². The zero-order valence-electron chi connectivity index (χ0n) is 21.4. The van der Waals surface area contributed by atoms with Crippen molar-refractivity contribution in [3.8, 4) is 0 Å². The first-order valence-corrected chi connectivity index (χ1v) is 13.6. The smallest absolute Gasteiger partial charge is 0.0198 e. The van der Waals surface area contributed by atoms with Gasteiger partial charge in [0, 0.05) is 0 Å². The van der Waals surface area contributed by atoms with Crippen LogP contribution in [-0.2, 0) is 0 Å². The van der Waals surface area contributed by atoms with Gasteiger partial charge in [0.05, 0.1) is 0 Å². The molecule has 0 aromatic carbocycles. The Morgan fingerprint density at radius 2 is 1.47 bits per heavy atom. The molecule has 9 atom stereocenters. The molecule has 0 aromatic heterocycles. The fourth-order valence-corrected chi connectivity index (χ4v) is 11.5. The van der Waals surface area contributed by atoms with Gasteiger partial charge < -0.3 is 0 Å². The molecular weight excluding hydrogens is 360 g/mol. The number of fused-ring (bicyclic) bond motifs is 7. The number of hydrogen-bond acceptors (Lipinski definition) is 0. The van der Waals surface area contributed by atoms with Crippen LogP contribution in [0.4, 0.5) is 0 Å². The van der Waals surface area contributed by atoms with Gasteiger partial charge in [-0.05, 0) is 121 Å². The predicted octanol–water partition coefficient (Wildman–Crippen LogP) is 9.05. The van der Waals surface area contributed by atoms with E-state index in [-0.39, 0.29) is 0 Å². The molecule has 170 valence electrons. The largest absolute Gasteiger partial charge is 0.0996 e. The summed E-state index contributed by atoms with van der Waals surface area (Å²) in [5.74, 6) is 4.41. The van der Waals surface area contributed by atoms with Crippen LogP contribution in [0.3, 0.4) is 0 Å². The fraction of sp³-hybridized carbons (Fsp3) is 0.933. The van der Waals surface area contributed by atoms with Gasteiger partial charge in [0.15, 0.2) is 0 Å². The van der Waals surface area contributed by atoms with Crippen LogP contribution in [0.1, 0.15) is 119 Å². The topological polar surface area (TPSA) is 0 Å². The summed E-state index contributed by atoms with van der Waals surface area (Å²) in [5, 5.41) is 0. The van der Waals surface area contributed by atoms with Crippen molar-refractivity contribution in [2.24, 2.45) is 56.7 Å². The highest BCUT2D eigenvalue weighted by Gasteiger charge is 2.69. The molecule has 0 spiro atoms. The van der Waals surface area contributed by atoms with Crippen molar-refractivity contribution in [3.05, 3.63) is 12.2 Å². The molecule has 5 rings (SSSR count). The second-order valence-corrected chi connectivity index (χ2v) is 14.6. The Balaban J connectivity index is 1.55. The molecule has 5 saturated carbocycles. The van der Waals surface area contributed by atoms with E-state index in [4.69, 9.17) is 0 Å². The van der Waals surface area contributed by atoms with Crippen LogP contribution in [0, 0.1) is 56.7 Å². The third-order valence-corrected chi connectivity index (χ3v) is 13.3. The molecular formula is C30H50. The van der Waals surface area contributed by atoms with E-state index in [2.05, 4.69) is 55.0 Å². The van der Waals surface area contributed by atoms with Gasteiger partial charge in [-0.1, -0.05) is 67.0 Å². The molecule has 0 radical (unpaired) electrons. The molecule has 5 aliphatic rings. The lowest BCUT2D eigenvalue weighted by Gasteiger charge is -2.73. The second-order valence-electron chi connectivity index (χ2n) is 14.6. The maximum atomic E-state index is 4.56. The van der Waals surface area contributed by atoms with E-state index in [1.807, 2.05) is 0 Å². The monoisotopic (exact) mass is 410 g/mol. The van der Waals surface area contributed by atoms with Crippen molar-refractivity contribution in [1.29, 1.82) is 0 Å². The van der Waals surface area contributed by atoms with Crippen LogP contribution in [-0.4, -0.2) is 0 Å². The van der Waals surface area contributed by atoms with Gasteiger partial charge in [-0.2, -0.15) is 0 Å². The maximum Gasteiger partial charge on any atom is -0.0198 e. The third-order valence-electron chi connectivity index (χ3n) is 13.3. The fourth-order valence-electron chi connectivity index (χ4n) is 11.5. The first kappa shape index (κ1) is 21.6. The Hall–Kier alpha value is -0.260. The first-order valence-electron chi connectivity index (χ1n) is 13.6. The van der Waals surface area contributed by atoms with Crippen LogP contribution in [0.25, 0.3) is 0 Å². The highest BCUT2D eigenvalue weighted by atomic mass is 14.7. The van der Waals surface area contributed by atoms with Gasteiger partial charge in [-0.3, -0.25) is 0 Å². The molecule has 5 unspecified atom stereocenters. The van der Waals surface area contributed by atoms with Gasteiger partial charge >= 0.3 is 0 Å². The van der Waals surface area contributed by atoms with E-state index in [9.17, 15) is 0 Å². The Morgan fingerprint density at radius 3 is 2.20 bits per heavy atom. The summed E-state index contributed by atoms with van der Waals surface area (Å²) in [5.41, 5.74) is 4.33. The molecule has 0 aromatic rings. The lowest BCUT2D eigenvalue weighted by Crippen LogP contribution is -2.66. The number of hydrogen-bond donors (Lipinski definition) is 0. The quantitative estimate of drug-likeness (QED) is 0.349. The summed E-state index contributed by atoms with van der Waals surface area (Å²) >= 11 is 0. The molecule has 0 heterocycles. The summed E-state index contributed by atoms with van der Waals surface area (Å²) in [7, 11) is 0. The number of rotatable bonds is 0. The Labute approximate surface area is 188 Å². The van der Waals surface area contributed by atoms with E-state index in [0.717, 1.165) is 29.6 Å². The van der Waals surface area contributed by atoms with E-state index in [1.54, 1.807) is 5.57 Å². The Morgan fingerprint density at radius 1 is 0.733 bits per heavy atom. The summed E-state index contributed by atoms with van der Waals surface area (Å²) in [4.78, 5) is 0. The average molecular weight is 411 g/mol. The highest BCUT2D eigenvalue weighted by molar-refractivity contribution is 5.20. The predicted molar refractivity (Wildman–Crippen MR) is 129 cm³/mol. The van der Waals surface area contributed by atoms with Crippen LogP contribution >= 0.6 is 0 Å². The molecule has 0 bridgehead atoms. The van der Waals surface area contributed by atoms with E-state index >= 15 is 0 Å². The summed E-state index contributed by atoms with van der Waals surface area (Å²) in [6.45, 7) is 23.3. The normalized spacial score (nSPS) is 57.6. The minimum Gasteiger partial charge on any atom is -0.0996 e. The van der Waals surface area contributed by atoms with Crippen molar-refractivity contribution in [2.45, 2.75) is 119 Å². The average Bonchev–Trinajstić information content (AvgIpc) is 2.65. The van der Waals surface area contributed by atoms with Crippen LogP contribution in [0.15, 0.2) is 12.2 Å². The molecule has 0 nitrogen and oxygen atoms in total. The van der Waals surface area contributed by atoms with Crippen LogP contribution < -0.4 is 0 Å². The maximum absolute atomic E-state index is 4.56. The molecule has 0 amide bonds. The van der Waals surface area contributed by atoms with Gasteiger partial charge in [-0.25, -0.2) is 0 Å². The Kier molecular flexibility index (Phi) is 4.61. The SMILES string of the molecule is C=C1CC[C@]2(C)CC[C@]3(C)C(CCC4[C@@]5(C)CCCC(C)(C)C5CC[C@]43C)C2C1C. The molecule has 5 aliphatic carbocycles. The zero-order chi connectivity index (χ0) is 21.7. The summed E-state index contributed by atoms with van der Waals surface area (Å²) in [6, 6.07) is 0. The third kappa shape index (κ3) is 2.52. The minimum absolute atomic E-state index is 0.529. The van der Waals surface area contributed by atoms with Crippen molar-refractivity contribution >= 4 is 0 Å². The van der Waals surface area contributed by atoms with E-state index in [1.165, 1.54) is 70.6 Å². The Bertz CT molecular complexity index is 730. The van der Waals surface area contributed by atoms with Crippen molar-refractivity contribution in [1.82, 2.24) is 0 Å². The zero-order valence-corrected chi connectivity index (χ0v) is 21.4. The molecule has 5 fully saturated rings. The minimum atomic E-state index is 0.529.